The van der Waals surface area contributed by atoms with Gasteiger partial charge in [-0.2, -0.15) is 0 Å². The first-order chi connectivity index (χ1) is 11.1. The van der Waals surface area contributed by atoms with Gasteiger partial charge in [0.05, 0.1) is 19.1 Å². The SMILES string of the molecule is Cc1ccc(OCCC(=O)N2CCC[C@H]2c2ccon2)cc1C. The molecule has 1 saturated heterocycles. The maximum absolute atomic E-state index is 12.4. The fourth-order valence-corrected chi connectivity index (χ4v) is 2.97. The van der Waals surface area contributed by atoms with Gasteiger partial charge in [0.15, 0.2) is 0 Å². The average Bonchev–Trinajstić information content (AvgIpc) is 3.20. The van der Waals surface area contributed by atoms with E-state index in [0.717, 1.165) is 30.8 Å². The molecule has 2 aromatic rings. The monoisotopic (exact) mass is 314 g/mol. The van der Waals surface area contributed by atoms with Gasteiger partial charge in [0.1, 0.15) is 17.7 Å². The van der Waals surface area contributed by atoms with Gasteiger partial charge in [0.2, 0.25) is 5.91 Å². The van der Waals surface area contributed by atoms with Gasteiger partial charge in [-0.25, -0.2) is 0 Å². The summed E-state index contributed by atoms with van der Waals surface area (Å²) in [7, 11) is 0. The van der Waals surface area contributed by atoms with E-state index in [1.807, 2.05) is 29.2 Å². The Balaban J connectivity index is 1.53. The molecule has 0 radical (unpaired) electrons. The van der Waals surface area contributed by atoms with Crippen LogP contribution in [0.2, 0.25) is 0 Å². The Hall–Kier alpha value is -2.30. The third-order valence-electron chi connectivity index (χ3n) is 4.44. The van der Waals surface area contributed by atoms with E-state index in [0.29, 0.717) is 13.0 Å². The number of benzene rings is 1. The molecular formula is C18H22N2O3. The highest BCUT2D eigenvalue weighted by molar-refractivity contribution is 5.77. The predicted molar refractivity (Wildman–Crippen MR) is 86.2 cm³/mol. The first-order valence-corrected chi connectivity index (χ1v) is 8.05. The minimum atomic E-state index is 0.0443. The molecule has 5 heteroatoms. The molecule has 0 saturated carbocycles. The van der Waals surface area contributed by atoms with Gasteiger partial charge in [-0.1, -0.05) is 11.2 Å². The third-order valence-corrected chi connectivity index (χ3v) is 4.44. The summed E-state index contributed by atoms with van der Waals surface area (Å²) in [5.74, 6) is 0.926. The second-order valence-corrected chi connectivity index (χ2v) is 6.01. The number of amides is 1. The molecule has 0 N–H and O–H groups in total. The van der Waals surface area contributed by atoms with Crippen LogP contribution in [0.1, 0.15) is 42.1 Å². The molecule has 23 heavy (non-hydrogen) atoms. The quantitative estimate of drug-likeness (QED) is 0.848. The molecule has 1 aromatic carbocycles. The highest BCUT2D eigenvalue weighted by atomic mass is 16.5. The highest BCUT2D eigenvalue weighted by Crippen LogP contribution is 2.31. The molecule has 0 bridgehead atoms. The Bertz CT molecular complexity index is 667. The largest absolute Gasteiger partial charge is 0.493 e. The minimum absolute atomic E-state index is 0.0443. The van der Waals surface area contributed by atoms with Gasteiger partial charge < -0.3 is 14.2 Å². The van der Waals surface area contributed by atoms with Gasteiger partial charge >= 0.3 is 0 Å². The molecule has 1 fully saturated rings. The number of aromatic nitrogens is 1. The van der Waals surface area contributed by atoms with Crippen molar-refractivity contribution in [2.45, 2.75) is 39.2 Å². The zero-order valence-electron chi connectivity index (χ0n) is 13.6. The molecule has 2 heterocycles. The normalized spacial score (nSPS) is 17.5. The smallest absolute Gasteiger partial charge is 0.226 e. The van der Waals surface area contributed by atoms with Gasteiger partial charge in [0, 0.05) is 12.6 Å². The molecule has 122 valence electrons. The lowest BCUT2D eigenvalue weighted by atomic mass is 10.1. The van der Waals surface area contributed by atoms with E-state index in [-0.39, 0.29) is 11.9 Å². The highest BCUT2D eigenvalue weighted by Gasteiger charge is 2.31. The lowest BCUT2D eigenvalue weighted by Crippen LogP contribution is -2.31. The first-order valence-electron chi connectivity index (χ1n) is 8.05. The maximum atomic E-state index is 12.4. The van der Waals surface area contributed by atoms with Gasteiger partial charge in [-0.05, 0) is 49.9 Å². The number of aryl methyl sites for hydroxylation is 2. The van der Waals surface area contributed by atoms with Gasteiger partial charge in [-0.3, -0.25) is 4.79 Å². The Morgan fingerprint density at radius 2 is 2.22 bits per heavy atom. The maximum Gasteiger partial charge on any atom is 0.226 e. The molecule has 0 spiro atoms. The number of likely N-dealkylation sites (tertiary alicyclic amines) is 1. The average molecular weight is 314 g/mol. The molecule has 1 atom stereocenters. The van der Waals surface area contributed by atoms with E-state index in [4.69, 9.17) is 9.26 Å². The van der Waals surface area contributed by atoms with Crippen LogP contribution < -0.4 is 4.74 Å². The van der Waals surface area contributed by atoms with Crippen LogP contribution in [0.3, 0.4) is 0 Å². The summed E-state index contributed by atoms with van der Waals surface area (Å²) in [6.45, 7) is 5.30. The van der Waals surface area contributed by atoms with Gasteiger partial charge in [0.25, 0.3) is 0 Å². The summed E-state index contributed by atoms with van der Waals surface area (Å²) < 4.78 is 10.6. The van der Waals surface area contributed by atoms with Crippen molar-refractivity contribution in [3.8, 4) is 5.75 Å². The topological polar surface area (TPSA) is 55.6 Å². The van der Waals surface area contributed by atoms with Gasteiger partial charge in [-0.15, -0.1) is 0 Å². The lowest BCUT2D eigenvalue weighted by molar-refractivity contribution is -0.132. The van der Waals surface area contributed by atoms with E-state index in [9.17, 15) is 4.79 Å². The molecule has 1 aliphatic heterocycles. The molecule has 1 aliphatic rings. The Morgan fingerprint density at radius 1 is 1.35 bits per heavy atom. The summed E-state index contributed by atoms with van der Waals surface area (Å²) in [6, 6.07) is 7.87. The number of nitrogens with zero attached hydrogens (tertiary/aromatic N) is 2. The van der Waals surface area contributed by atoms with Crippen LogP contribution in [0.4, 0.5) is 0 Å². The second kappa shape index (κ2) is 6.86. The fraction of sp³-hybridized carbons (Fsp3) is 0.444. The van der Waals surface area contributed by atoms with E-state index in [2.05, 4.69) is 19.0 Å². The minimum Gasteiger partial charge on any atom is -0.493 e. The second-order valence-electron chi connectivity index (χ2n) is 6.01. The molecule has 5 nitrogen and oxygen atoms in total. The van der Waals surface area contributed by atoms with Crippen molar-refractivity contribution in [1.29, 1.82) is 0 Å². The number of ether oxygens (including phenoxy) is 1. The molecule has 0 unspecified atom stereocenters. The van der Waals surface area contributed by atoms with E-state index >= 15 is 0 Å². The summed E-state index contributed by atoms with van der Waals surface area (Å²) in [5.41, 5.74) is 3.27. The van der Waals surface area contributed by atoms with Crippen molar-refractivity contribution in [3.05, 3.63) is 47.3 Å². The summed E-state index contributed by atoms with van der Waals surface area (Å²) in [4.78, 5) is 14.3. The lowest BCUT2D eigenvalue weighted by Gasteiger charge is -2.23. The number of carbonyl (C=O) groups excluding carboxylic acids is 1. The molecule has 1 amide bonds. The molecule has 1 aromatic heterocycles. The molecular weight excluding hydrogens is 292 g/mol. The van der Waals surface area contributed by atoms with Crippen molar-refractivity contribution in [1.82, 2.24) is 10.1 Å². The molecule has 3 rings (SSSR count). The van der Waals surface area contributed by atoms with Crippen LogP contribution in [-0.4, -0.2) is 29.1 Å². The number of hydrogen-bond acceptors (Lipinski definition) is 4. The van der Waals surface area contributed by atoms with Crippen LogP contribution in [0, 0.1) is 13.8 Å². The predicted octanol–water partition coefficient (Wildman–Crippen LogP) is 3.42. The zero-order valence-corrected chi connectivity index (χ0v) is 13.6. The number of hydrogen-bond donors (Lipinski definition) is 0. The van der Waals surface area contributed by atoms with Crippen LogP contribution in [0.5, 0.6) is 5.75 Å². The van der Waals surface area contributed by atoms with E-state index in [1.165, 1.54) is 11.1 Å². The van der Waals surface area contributed by atoms with Crippen molar-refractivity contribution in [3.63, 3.8) is 0 Å². The third kappa shape index (κ3) is 3.55. The Labute approximate surface area is 136 Å². The van der Waals surface area contributed by atoms with Crippen LogP contribution >= 0.6 is 0 Å². The van der Waals surface area contributed by atoms with Crippen molar-refractivity contribution < 1.29 is 14.1 Å². The summed E-state index contributed by atoms with van der Waals surface area (Å²) >= 11 is 0. The van der Waals surface area contributed by atoms with Crippen LogP contribution in [-0.2, 0) is 4.79 Å². The summed E-state index contributed by atoms with van der Waals surface area (Å²) in [6.07, 6.45) is 3.87. The first kappa shape index (κ1) is 15.6. The van der Waals surface area contributed by atoms with Crippen molar-refractivity contribution >= 4 is 5.91 Å². The zero-order chi connectivity index (χ0) is 16.2. The number of rotatable bonds is 5. The number of carbonyl (C=O) groups is 1. The van der Waals surface area contributed by atoms with Crippen molar-refractivity contribution in [2.24, 2.45) is 0 Å². The standard InChI is InChI=1S/C18H22N2O3/c1-13-5-6-15(12-14(13)2)22-10-8-18(21)20-9-3-4-17(20)16-7-11-23-19-16/h5-7,11-12,17H,3-4,8-10H2,1-2H3/t17-/m0/s1. The molecule has 0 aliphatic carbocycles. The van der Waals surface area contributed by atoms with Crippen molar-refractivity contribution in [2.75, 3.05) is 13.2 Å². The van der Waals surface area contributed by atoms with E-state index in [1.54, 1.807) is 6.26 Å². The van der Waals surface area contributed by atoms with Crippen LogP contribution in [0.25, 0.3) is 0 Å². The van der Waals surface area contributed by atoms with Crippen LogP contribution in [0.15, 0.2) is 35.1 Å². The summed E-state index contributed by atoms with van der Waals surface area (Å²) in [5, 5.41) is 3.98. The Morgan fingerprint density at radius 3 is 2.96 bits per heavy atom. The Kier molecular flexibility index (Phi) is 4.65. The van der Waals surface area contributed by atoms with E-state index < -0.39 is 0 Å². The fourth-order valence-electron chi connectivity index (χ4n) is 2.97.